The third-order valence-corrected chi connectivity index (χ3v) is 3.71. The molecule has 1 fully saturated rings. The smallest absolute Gasteiger partial charge is 0.336 e. The molecule has 1 N–H and O–H groups in total. The van der Waals surface area contributed by atoms with E-state index in [1.165, 1.54) is 7.05 Å². The molecule has 0 radical (unpaired) electrons. The molecule has 0 aromatic rings. The number of nitrogens with zero attached hydrogens (tertiary/aromatic N) is 2. The molecule has 1 rings (SSSR count). The normalized spacial score (nSPS) is 18.2. The summed E-state index contributed by atoms with van der Waals surface area (Å²) < 4.78 is 36.6. The Labute approximate surface area is 118 Å². The van der Waals surface area contributed by atoms with Crippen LogP contribution in [0.3, 0.4) is 0 Å². The minimum absolute atomic E-state index is 0.0886. The number of halogens is 3. The average molecular weight is 295 g/mol. The fraction of sp³-hybridized carbons (Fsp3) is 0.923. The Hall–Kier alpha value is -0.820. The van der Waals surface area contributed by atoms with E-state index >= 15 is 0 Å². The molecule has 1 saturated heterocycles. The van der Waals surface area contributed by atoms with Gasteiger partial charge >= 0.3 is 6.18 Å². The Morgan fingerprint density at radius 3 is 2.45 bits per heavy atom. The highest BCUT2D eigenvalue weighted by Crippen LogP contribution is 2.20. The van der Waals surface area contributed by atoms with Gasteiger partial charge < -0.3 is 10.2 Å². The maximum absolute atomic E-state index is 12.2. The standard InChI is InChI=1S/C13H24F3N3O/c1-17-6-3-11-4-7-19(8-5-11)9-12(20)18(2)10-13(14,15)16/h11,17H,3-10H2,1-2H3. The van der Waals surface area contributed by atoms with Crippen molar-refractivity contribution in [3.63, 3.8) is 0 Å². The number of piperidine rings is 1. The van der Waals surface area contributed by atoms with Crippen LogP contribution in [0.5, 0.6) is 0 Å². The minimum atomic E-state index is -4.33. The van der Waals surface area contributed by atoms with Gasteiger partial charge in [-0.25, -0.2) is 0 Å². The van der Waals surface area contributed by atoms with Crippen LogP contribution in [0.25, 0.3) is 0 Å². The van der Waals surface area contributed by atoms with E-state index in [4.69, 9.17) is 0 Å². The molecule has 0 atom stereocenters. The van der Waals surface area contributed by atoms with Crippen molar-refractivity contribution in [1.29, 1.82) is 0 Å². The van der Waals surface area contributed by atoms with Crippen LogP contribution in [0.15, 0.2) is 0 Å². The zero-order chi connectivity index (χ0) is 15.2. The molecule has 1 aliphatic rings. The van der Waals surface area contributed by atoms with Crippen LogP contribution < -0.4 is 5.32 Å². The van der Waals surface area contributed by atoms with Gasteiger partial charge in [0, 0.05) is 7.05 Å². The van der Waals surface area contributed by atoms with Gasteiger partial charge in [-0.3, -0.25) is 9.69 Å². The molecule has 0 aromatic heterocycles. The maximum atomic E-state index is 12.2. The largest absolute Gasteiger partial charge is 0.406 e. The summed E-state index contributed by atoms with van der Waals surface area (Å²) in [7, 11) is 3.12. The number of hydrogen-bond donors (Lipinski definition) is 1. The molecule has 0 unspecified atom stereocenters. The van der Waals surface area contributed by atoms with Gasteiger partial charge in [0.2, 0.25) is 5.91 Å². The molecule has 0 saturated carbocycles. The summed E-state index contributed by atoms with van der Waals surface area (Å²) in [5.74, 6) is 0.192. The second-order valence-electron chi connectivity index (χ2n) is 5.48. The van der Waals surface area contributed by atoms with Crippen molar-refractivity contribution in [2.24, 2.45) is 5.92 Å². The van der Waals surface area contributed by atoms with E-state index < -0.39 is 18.6 Å². The van der Waals surface area contributed by atoms with Gasteiger partial charge in [-0.05, 0) is 51.9 Å². The van der Waals surface area contributed by atoms with Crippen LogP contribution in [0.1, 0.15) is 19.3 Å². The average Bonchev–Trinajstić information content (AvgIpc) is 2.36. The summed E-state index contributed by atoms with van der Waals surface area (Å²) in [6, 6.07) is 0. The molecule has 1 aliphatic heterocycles. The molecule has 4 nitrogen and oxygen atoms in total. The Balaban J connectivity index is 2.27. The first-order valence-corrected chi connectivity index (χ1v) is 6.99. The fourth-order valence-electron chi connectivity index (χ4n) is 2.45. The third kappa shape index (κ3) is 6.56. The first kappa shape index (κ1) is 17.2. The first-order chi connectivity index (χ1) is 9.31. The Bertz CT molecular complexity index is 302. The second-order valence-corrected chi connectivity index (χ2v) is 5.48. The summed E-state index contributed by atoms with van der Waals surface area (Å²) in [6.07, 6.45) is -1.19. The number of likely N-dealkylation sites (tertiary alicyclic amines) is 1. The van der Waals surface area contributed by atoms with E-state index in [-0.39, 0.29) is 6.54 Å². The third-order valence-electron chi connectivity index (χ3n) is 3.71. The molecule has 118 valence electrons. The topological polar surface area (TPSA) is 35.6 Å². The zero-order valence-corrected chi connectivity index (χ0v) is 12.2. The van der Waals surface area contributed by atoms with Crippen molar-refractivity contribution in [3.05, 3.63) is 0 Å². The van der Waals surface area contributed by atoms with Crippen LogP contribution >= 0.6 is 0 Å². The van der Waals surface area contributed by atoms with Crippen LogP contribution in [0.2, 0.25) is 0 Å². The van der Waals surface area contributed by atoms with Gasteiger partial charge in [0.1, 0.15) is 6.54 Å². The van der Waals surface area contributed by atoms with Gasteiger partial charge in [-0.2, -0.15) is 13.2 Å². The van der Waals surface area contributed by atoms with Crippen LogP contribution in [-0.4, -0.2) is 68.7 Å². The first-order valence-electron chi connectivity index (χ1n) is 6.99. The second kappa shape index (κ2) is 7.83. The van der Waals surface area contributed by atoms with E-state index in [1.54, 1.807) is 0 Å². The predicted octanol–water partition coefficient (Wildman–Crippen LogP) is 1.33. The van der Waals surface area contributed by atoms with Crippen molar-refractivity contribution < 1.29 is 18.0 Å². The number of hydrogen-bond acceptors (Lipinski definition) is 3. The number of likely N-dealkylation sites (N-methyl/N-ethyl adjacent to an activating group) is 1. The number of amides is 1. The lowest BCUT2D eigenvalue weighted by atomic mass is 9.93. The summed E-state index contributed by atoms with van der Waals surface area (Å²) >= 11 is 0. The Morgan fingerprint density at radius 1 is 1.35 bits per heavy atom. The summed E-state index contributed by atoms with van der Waals surface area (Å²) in [4.78, 5) is 14.4. The van der Waals surface area contributed by atoms with E-state index in [0.29, 0.717) is 5.92 Å². The molecule has 20 heavy (non-hydrogen) atoms. The quantitative estimate of drug-likeness (QED) is 0.803. The monoisotopic (exact) mass is 295 g/mol. The predicted molar refractivity (Wildman–Crippen MR) is 71.4 cm³/mol. The van der Waals surface area contributed by atoms with Crippen LogP contribution in [-0.2, 0) is 4.79 Å². The van der Waals surface area contributed by atoms with Crippen molar-refractivity contribution in [1.82, 2.24) is 15.1 Å². The molecule has 0 aromatic carbocycles. The Kier molecular flexibility index (Phi) is 6.75. The lowest BCUT2D eigenvalue weighted by Gasteiger charge is -2.32. The number of nitrogens with one attached hydrogen (secondary N) is 1. The van der Waals surface area contributed by atoms with Crippen molar-refractivity contribution in [3.8, 4) is 0 Å². The van der Waals surface area contributed by atoms with Gasteiger partial charge in [0.05, 0.1) is 6.54 Å². The van der Waals surface area contributed by atoms with E-state index in [9.17, 15) is 18.0 Å². The molecular weight excluding hydrogens is 271 g/mol. The molecule has 1 heterocycles. The lowest BCUT2D eigenvalue weighted by molar-refractivity contribution is -0.159. The minimum Gasteiger partial charge on any atom is -0.336 e. The SMILES string of the molecule is CNCCC1CCN(CC(=O)N(C)CC(F)(F)F)CC1. The number of carbonyl (C=O) groups excluding carboxylic acids is 1. The highest BCUT2D eigenvalue weighted by Gasteiger charge is 2.31. The molecule has 0 spiro atoms. The van der Waals surface area contributed by atoms with Gasteiger partial charge in [-0.15, -0.1) is 0 Å². The van der Waals surface area contributed by atoms with E-state index in [1.807, 2.05) is 11.9 Å². The van der Waals surface area contributed by atoms with Gasteiger partial charge in [0.25, 0.3) is 0 Å². The van der Waals surface area contributed by atoms with E-state index in [0.717, 1.165) is 43.8 Å². The molecule has 1 amide bonds. The zero-order valence-electron chi connectivity index (χ0n) is 12.2. The molecular formula is C13H24F3N3O. The Morgan fingerprint density at radius 2 is 1.95 bits per heavy atom. The number of rotatable bonds is 6. The molecule has 0 aliphatic carbocycles. The van der Waals surface area contributed by atoms with E-state index in [2.05, 4.69) is 5.32 Å². The summed E-state index contributed by atoms with van der Waals surface area (Å²) in [6.45, 7) is 1.48. The highest BCUT2D eigenvalue weighted by molar-refractivity contribution is 5.78. The molecule has 7 heteroatoms. The van der Waals surface area contributed by atoms with Crippen molar-refractivity contribution >= 4 is 5.91 Å². The fourth-order valence-corrected chi connectivity index (χ4v) is 2.45. The number of alkyl halides is 3. The maximum Gasteiger partial charge on any atom is 0.406 e. The lowest BCUT2D eigenvalue weighted by Crippen LogP contribution is -2.44. The van der Waals surface area contributed by atoms with Crippen molar-refractivity contribution in [2.45, 2.75) is 25.4 Å². The van der Waals surface area contributed by atoms with Crippen LogP contribution in [0.4, 0.5) is 13.2 Å². The van der Waals surface area contributed by atoms with Crippen molar-refractivity contribution in [2.75, 3.05) is 46.8 Å². The molecule has 0 bridgehead atoms. The highest BCUT2D eigenvalue weighted by atomic mass is 19.4. The summed E-state index contributed by atoms with van der Waals surface area (Å²) in [5, 5.41) is 3.11. The van der Waals surface area contributed by atoms with Gasteiger partial charge in [0.15, 0.2) is 0 Å². The van der Waals surface area contributed by atoms with Gasteiger partial charge in [-0.1, -0.05) is 0 Å². The van der Waals surface area contributed by atoms with Crippen LogP contribution in [0, 0.1) is 5.92 Å². The summed E-state index contributed by atoms with van der Waals surface area (Å²) in [5.41, 5.74) is 0. The number of carbonyl (C=O) groups is 1.